The monoisotopic (exact) mass is 345 g/mol. The van der Waals surface area contributed by atoms with Gasteiger partial charge in [-0.05, 0) is 6.07 Å². The molecule has 11 heteroatoms. The Labute approximate surface area is 132 Å². The molecule has 2 rings (SSSR count). The average molecular weight is 346 g/mol. The van der Waals surface area contributed by atoms with Crippen LogP contribution >= 0.6 is 23.2 Å². The molecule has 22 heavy (non-hydrogen) atoms. The SMILES string of the molecule is CC(=O)ON=C1C(=O)Nc2cc(Cl)c(Cl)c([N+](=O)[O-])c2C1=O. The number of anilines is 1. The predicted molar refractivity (Wildman–Crippen MR) is 75.3 cm³/mol. The van der Waals surface area contributed by atoms with Crippen LogP contribution < -0.4 is 5.32 Å². The Hall–Kier alpha value is -2.52. The number of oxime groups is 1. The fourth-order valence-electron chi connectivity index (χ4n) is 1.71. The molecule has 0 saturated carbocycles. The summed E-state index contributed by atoms with van der Waals surface area (Å²) >= 11 is 11.5. The molecule has 0 saturated heterocycles. The molecule has 1 heterocycles. The van der Waals surface area contributed by atoms with Gasteiger partial charge in [-0.25, -0.2) is 4.79 Å². The minimum atomic E-state index is -1.11. The van der Waals surface area contributed by atoms with Crippen LogP contribution in [0.2, 0.25) is 10.0 Å². The lowest BCUT2D eigenvalue weighted by Gasteiger charge is -2.17. The molecule has 1 aliphatic rings. The van der Waals surface area contributed by atoms with E-state index < -0.39 is 44.6 Å². The van der Waals surface area contributed by atoms with Gasteiger partial charge in [-0.1, -0.05) is 28.4 Å². The molecular weight excluding hydrogens is 341 g/mol. The van der Waals surface area contributed by atoms with Crippen LogP contribution in [0.1, 0.15) is 17.3 Å². The number of nitro groups is 1. The van der Waals surface area contributed by atoms with Crippen molar-refractivity contribution in [2.75, 3.05) is 5.32 Å². The van der Waals surface area contributed by atoms with Crippen LogP contribution in [0.5, 0.6) is 0 Å². The van der Waals surface area contributed by atoms with Crippen LogP contribution in [0.15, 0.2) is 11.2 Å². The van der Waals surface area contributed by atoms with Gasteiger partial charge in [0.15, 0.2) is 0 Å². The van der Waals surface area contributed by atoms with Crippen molar-refractivity contribution in [3.05, 3.63) is 31.8 Å². The maximum Gasteiger partial charge on any atom is 0.332 e. The highest BCUT2D eigenvalue weighted by Gasteiger charge is 2.39. The number of hydrogen-bond donors (Lipinski definition) is 1. The molecule has 0 aromatic heterocycles. The van der Waals surface area contributed by atoms with E-state index in [-0.39, 0.29) is 10.7 Å². The summed E-state index contributed by atoms with van der Waals surface area (Å²) in [7, 11) is 0. The van der Waals surface area contributed by atoms with E-state index in [0.717, 1.165) is 13.0 Å². The highest BCUT2D eigenvalue weighted by Crippen LogP contribution is 2.41. The van der Waals surface area contributed by atoms with Crippen LogP contribution in [-0.2, 0) is 14.4 Å². The van der Waals surface area contributed by atoms with Crippen molar-refractivity contribution in [2.24, 2.45) is 5.16 Å². The van der Waals surface area contributed by atoms with Crippen molar-refractivity contribution in [3.63, 3.8) is 0 Å². The molecule has 0 unspecified atom stereocenters. The van der Waals surface area contributed by atoms with E-state index in [1.807, 2.05) is 0 Å². The molecule has 1 N–H and O–H groups in total. The second-order valence-electron chi connectivity index (χ2n) is 4.01. The number of nitrogens with zero attached hydrogens (tertiary/aromatic N) is 2. The van der Waals surface area contributed by atoms with E-state index in [9.17, 15) is 24.5 Å². The zero-order valence-electron chi connectivity index (χ0n) is 10.7. The predicted octanol–water partition coefficient (Wildman–Crippen LogP) is 1.96. The van der Waals surface area contributed by atoms with E-state index in [2.05, 4.69) is 15.3 Å². The van der Waals surface area contributed by atoms with Crippen LogP contribution in [-0.4, -0.2) is 28.3 Å². The Morgan fingerprint density at radius 3 is 2.59 bits per heavy atom. The van der Waals surface area contributed by atoms with Gasteiger partial charge in [-0.15, -0.1) is 0 Å². The summed E-state index contributed by atoms with van der Waals surface area (Å²) in [6.07, 6.45) is 0. The van der Waals surface area contributed by atoms with Gasteiger partial charge in [-0.3, -0.25) is 19.7 Å². The second kappa shape index (κ2) is 5.70. The minimum absolute atomic E-state index is 0.183. The number of Topliss-reactive ketones (excluding diaryl/α,β-unsaturated/α-hetero) is 1. The van der Waals surface area contributed by atoms with Crippen molar-refractivity contribution < 1.29 is 24.1 Å². The van der Waals surface area contributed by atoms with Crippen LogP contribution in [0.25, 0.3) is 0 Å². The average Bonchev–Trinajstić information content (AvgIpc) is 2.40. The molecule has 0 spiro atoms. The molecule has 1 aromatic carbocycles. The molecule has 0 radical (unpaired) electrons. The van der Waals surface area contributed by atoms with Crippen molar-refractivity contribution in [1.82, 2.24) is 0 Å². The zero-order chi connectivity index (χ0) is 16.6. The molecule has 9 nitrogen and oxygen atoms in total. The van der Waals surface area contributed by atoms with Gasteiger partial charge in [0.25, 0.3) is 5.91 Å². The number of rotatable bonds is 2. The molecule has 1 aliphatic heterocycles. The third-order valence-corrected chi connectivity index (χ3v) is 3.33. The standard InChI is InChI=1S/C11H5Cl2N3O6/c1-3(17)22-15-8-10(18)6-5(14-11(8)19)2-4(12)7(13)9(6)16(20)21/h2H,1H3,(H,14,19). The highest BCUT2D eigenvalue weighted by molar-refractivity contribution is 6.73. The number of carbonyl (C=O) groups is 3. The van der Waals surface area contributed by atoms with E-state index in [0.29, 0.717) is 0 Å². The maximum absolute atomic E-state index is 12.2. The number of amides is 1. The normalized spacial score (nSPS) is 15.3. The van der Waals surface area contributed by atoms with Gasteiger partial charge in [0, 0.05) is 6.92 Å². The Balaban J connectivity index is 2.68. The minimum Gasteiger partial charge on any atom is -0.319 e. The number of fused-ring (bicyclic) bond motifs is 1. The molecule has 114 valence electrons. The Kier molecular flexibility index (Phi) is 4.11. The number of halogens is 2. The van der Waals surface area contributed by atoms with Crippen LogP contribution in [0.3, 0.4) is 0 Å². The van der Waals surface area contributed by atoms with Gasteiger partial charge >= 0.3 is 11.7 Å². The van der Waals surface area contributed by atoms with Crippen molar-refractivity contribution >= 4 is 57.9 Å². The molecule has 0 aliphatic carbocycles. The third kappa shape index (κ3) is 2.63. The summed E-state index contributed by atoms with van der Waals surface area (Å²) in [5.74, 6) is -2.97. The van der Waals surface area contributed by atoms with Gasteiger partial charge in [0.1, 0.15) is 10.6 Å². The Bertz CT molecular complexity index is 774. The molecule has 0 atom stereocenters. The molecule has 0 fully saturated rings. The topological polar surface area (TPSA) is 128 Å². The number of nitrogens with one attached hydrogen (secondary N) is 1. The lowest BCUT2D eigenvalue weighted by Crippen LogP contribution is -2.36. The maximum atomic E-state index is 12.2. The summed E-state index contributed by atoms with van der Waals surface area (Å²) in [6.45, 7) is 1.00. The molecule has 1 amide bonds. The molecular formula is C11H5Cl2N3O6. The van der Waals surface area contributed by atoms with E-state index in [1.165, 1.54) is 0 Å². The first kappa shape index (κ1) is 15.9. The third-order valence-electron chi connectivity index (χ3n) is 2.55. The van der Waals surface area contributed by atoms with Crippen molar-refractivity contribution in [3.8, 4) is 0 Å². The Morgan fingerprint density at radius 2 is 2.05 bits per heavy atom. The quantitative estimate of drug-likeness (QED) is 0.495. The van der Waals surface area contributed by atoms with Gasteiger partial charge in [0.2, 0.25) is 11.5 Å². The highest BCUT2D eigenvalue weighted by atomic mass is 35.5. The fourth-order valence-corrected chi connectivity index (χ4v) is 2.13. The van der Waals surface area contributed by atoms with Crippen LogP contribution in [0, 0.1) is 10.1 Å². The van der Waals surface area contributed by atoms with E-state index in [4.69, 9.17) is 23.2 Å². The summed E-state index contributed by atoms with van der Waals surface area (Å²) < 4.78 is 0. The summed E-state index contributed by atoms with van der Waals surface area (Å²) in [5.41, 5.74) is -2.27. The first-order valence-electron chi connectivity index (χ1n) is 5.52. The molecule has 1 aromatic rings. The summed E-state index contributed by atoms with van der Waals surface area (Å²) in [4.78, 5) is 49.1. The van der Waals surface area contributed by atoms with Crippen LogP contribution in [0.4, 0.5) is 11.4 Å². The summed E-state index contributed by atoms with van der Waals surface area (Å²) in [5, 5.41) is 15.8. The van der Waals surface area contributed by atoms with Crippen molar-refractivity contribution in [1.29, 1.82) is 0 Å². The Morgan fingerprint density at radius 1 is 1.41 bits per heavy atom. The number of ketones is 1. The lowest BCUT2D eigenvalue weighted by atomic mass is 9.98. The zero-order valence-corrected chi connectivity index (χ0v) is 12.2. The first-order chi connectivity index (χ1) is 10.2. The smallest absolute Gasteiger partial charge is 0.319 e. The largest absolute Gasteiger partial charge is 0.332 e. The first-order valence-corrected chi connectivity index (χ1v) is 6.27. The number of hydrogen-bond acceptors (Lipinski definition) is 7. The molecule has 0 bridgehead atoms. The second-order valence-corrected chi connectivity index (χ2v) is 4.79. The fraction of sp³-hybridized carbons (Fsp3) is 0.0909. The van der Waals surface area contributed by atoms with Gasteiger partial charge in [-0.2, -0.15) is 0 Å². The number of benzene rings is 1. The van der Waals surface area contributed by atoms with Gasteiger partial charge < -0.3 is 10.2 Å². The summed E-state index contributed by atoms with van der Waals surface area (Å²) in [6, 6.07) is 1.10. The number of nitro benzene ring substituents is 1. The number of carbonyl (C=O) groups excluding carboxylic acids is 3. The lowest BCUT2D eigenvalue weighted by molar-refractivity contribution is -0.384. The van der Waals surface area contributed by atoms with E-state index in [1.54, 1.807) is 0 Å². The van der Waals surface area contributed by atoms with E-state index >= 15 is 0 Å². The van der Waals surface area contributed by atoms with Crippen molar-refractivity contribution in [2.45, 2.75) is 6.92 Å². The van der Waals surface area contributed by atoms with Gasteiger partial charge in [0.05, 0.1) is 15.6 Å².